The minimum absolute atomic E-state index is 0.155. The van der Waals surface area contributed by atoms with Crippen LogP contribution >= 0.6 is 0 Å². The highest BCUT2D eigenvalue weighted by Gasteiger charge is 2.38. The van der Waals surface area contributed by atoms with Crippen LogP contribution in [0.15, 0.2) is 36.4 Å². The lowest BCUT2D eigenvalue weighted by molar-refractivity contribution is -0.179. The Morgan fingerprint density at radius 3 is 2.27 bits per heavy atom. The molecule has 8 nitrogen and oxygen atoms in total. The Kier molecular flexibility index (Phi) is 7.84. The van der Waals surface area contributed by atoms with Crippen molar-refractivity contribution in [2.75, 3.05) is 20.7 Å². The first-order chi connectivity index (χ1) is 15.8. The molecule has 0 bridgehead atoms. The van der Waals surface area contributed by atoms with E-state index in [1.54, 1.807) is 24.3 Å². The molecule has 0 aromatic heterocycles. The van der Waals surface area contributed by atoms with Gasteiger partial charge in [-0.1, -0.05) is 24.0 Å². The average Bonchev–Trinajstić information content (AvgIpc) is 2.83. The van der Waals surface area contributed by atoms with E-state index >= 15 is 0 Å². The highest BCUT2D eigenvalue weighted by Crippen LogP contribution is 2.34. The fourth-order valence-electron chi connectivity index (χ4n) is 3.82. The Labute approximate surface area is 192 Å². The van der Waals surface area contributed by atoms with Gasteiger partial charge in [-0.3, -0.25) is 9.59 Å². The summed E-state index contributed by atoms with van der Waals surface area (Å²) >= 11 is 0. The largest absolute Gasteiger partial charge is 0.394 e. The Hall–Kier alpha value is -3.22. The first kappa shape index (κ1) is 24.4. The van der Waals surface area contributed by atoms with Gasteiger partial charge in [-0.2, -0.15) is 0 Å². The lowest BCUT2D eigenvalue weighted by atomic mass is 9.89. The van der Waals surface area contributed by atoms with E-state index in [-0.39, 0.29) is 24.8 Å². The van der Waals surface area contributed by atoms with Crippen LogP contribution in [0.5, 0.6) is 0 Å². The molecule has 1 fully saturated rings. The molecule has 2 amide bonds. The number of hydrogen-bond donors (Lipinski definition) is 5. The van der Waals surface area contributed by atoms with Crippen molar-refractivity contribution in [3.63, 3.8) is 0 Å². The fourth-order valence-corrected chi connectivity index (χ4v) is 3.82. The summed E-state index contributed by atoms with van der Waals surface area (Å²) in [6, 6.07) is 10.1. The van der Waals surface area contributed by atoms with Crippen LogP contribution in [0.2, 0.25) is 0 Å². The summed E-state index contributed by atoms with van der Waals surface area (Å²) in [6.07, 6.45) is -3.36. The molecule has 0 radical (unpaired) electrons. The summed E-state index contributed by atoms with van der Waals surface area (Å²) < 4.78 is 5.81. The molecule has 8 heteroatoms. The summed E-state index contributed by atoms with van der Waals surface area (Å²) in [5, 5.41) is 35.2. The van der Waals surface area contributed by atoms with Gasteiger partial charge in [0.15, 0.2) is 0 Å². The van der Waals surface area contributed by atoms with Crippen LogP contribution in [0.1, 0.15) is 55.5 Å². The molecule has 0 spiro atoms. The Morgan fingerprint density at radius 2 is 1.70 bits per heavy atom. The molecule has 2 aromatic carbocycles. The van der Waals surface area contributed by atoms with Gasteiger partial charge in [0, 0.05) is 42.8 Å². The molecule has 2 aromatic rings. The zero-order chi connectivity index (χ0) is 24.1. The monoisotopic (exact) mass is 452 g/mol. The van der Waals surface area contributed by atoms with Crippen molar-refractivity contribution in [1.82, 2.24) is 10.6 Å². The third kappa shape index (κ3) is 5.41. The minimum atomic E-state index is -1.13. The topological polar surface area (TPSA) is 128 Å². The predicted molar refractivity (Wildman–Crippen MR) is 122 cm³/mol. The van der Waals surface area contributed by atoms with Crippen molar-refractivity contribution < 1.29 is 29.6 Å². The zero-order valence-electron chi connectivity index (χ0n) is 18.8. The Morgan fingerprint density at radius 1 is 1.06 bits per heavy atom. The molecule has 4 atom stereocenters. The van der Waals surface area contributed by atoms with Gasteiger partial charge in [-0.05, 0) is 42.3 Å². The third-order valence-electron chi connectivity index (χ3n) is 5.69. The summed E-state index contributed by atoms with van der Waals surface area (Å²) in [5.41, 5.74) is 3.21. The molecule has 0 saturated carbocycles. The summed E-state index contributed by atoms with van der Waals surface area (Å²) in [4.78, 5) is 24.2. The van der Waals surface area contributed by atoms with E-state index in [9.17, 15) is 24.9 Å². The third-order valence-corrected chi connectivity index (χ3v) is 5.69. The van der Waals surface area contributed by atoms with Crippen LogP contribution in [-0.2, 0) is 4.74 Å². The molecule has 0 unspecified atom stereocenters. The second kappa shape index (κ2) is 10.6. The average molecular weight is 453 g/mol. The minimum Gasteiger partial charge on any atom is -0.394 e. The molecule has 0 aliphatic carbocycles. The van der Waals surface area contributed by atoms with Gasteiger partial charge in [0.05, 0.1) is 18.8 Å². The highest BCUT2D eigenvalue weighted by atomic mass is 16.5. The van der Waals surface area contributed by atoms with Crippen LogP contribution in [-0.4, -0.2) is 66.1 Å². The lowest BCUT2D eigenvalue weighted by Gasteiger charge is -2.37. The number of nitrogens with one attached hydrogen (secondary N) is 2. The van der Waals surface area contributed by atoms with E-state index in [1.165, 1.54) is 20.2 Å². The smallest absolute Gasteiger partial charge is 0.251 e. The second-order valence-corrected chi connectivity index (χ2v) is 7.88. The molecular weight excluding hydrogens is 424 g/mol. The Bertz CT molecular complexity index is 1070. The standard InChI is InChI=1S/C25H28N2O6/c1-14-16(5-4-6-20(14)23-22(30)21(29)12-19(13-28)33-23)8-7-15-9-17(24(31)26-2)11-18(10-15)25(32)27-3/h4-6,9-11,19,21-23,28-30H,12-13H2,1-3H3,(H,26,31)(H,27,32)/t19-,21-,22-,23+/m0/s1. The predicted octanol–water partition coefficient (Wildman–Crippen LogP) is 0.658. The normalized spacial score (nSPS) is 22.1. The molecule has 33 heavy (non-hydrogen) atoms. The van der Waals surface area contributed by atoms with Crippen LogP contribution < -0.4 is 10.6 Å². The van der Waals surface area contributed by atoms with Crippen molar-refractivity contribution in [1.29, 1.82) is 0 Å². The van der Waals surface area contributed by atoms with Crippen LogP contribution in [0.3, 0.4) is 0 Å². The second-order valence-electron chi connectivity index (χ2n) is 7.88. The first-order valence-electron chi connectivity index (χ1n) is 10.6. The number of carbonyl (C=O) groups excluding carboxylic acids is 2. The zero-order valence-corrected chi connectivity index (χ0v) is 18.8. The first-order valence-corrected chi connectivity index (χ1v) is 10.6. The fraction of sp³-hybridized carbons (Fsp3) is 0.360. The van der Waals surface area contributed by atoms with E-state index in [0.29, 0.717) is 27.8 Å². The number of rotatable bonds is 4. The van der Waals surface area contributed by atoms with Gasteiger partial charge < -0.3 is 30.7 Å². The van der Waals surface area contributed by atoms with Gasteiger partial charge in [0.2, 0.25) is 0 Å². The molecule has 1 aliphatic rings. The van der Waals surface area contributed by atoms with Gasteiger partial charge in [0.1, 0.15) is 12.2 Å². The van der Waals surface area contributed by atoms with Crippen LogP contribution in [0.4, 0.5) is 0 Å². The van der Waals surface area contributed by atoms with Crippen molar-refractivity contribution >= 4 is 11.8 Å². The van der Waals surface area contributed by atoms with Crippen molar-refractivity contribution in [2.24, 2.45) is 0 Å². The quantitative estimate of drug-likeness (QED) is 0.434. The van der Waals surface area contributed by atoms with Gasteiger partial charge in [-0.25, -0.2) is 0 Å². The maximum atomic E-state index is 12.1. The number of hydrogen-bond acceptors (Lipinski definition) is 6. The number of ether oxygens (including phenoxy) is 1. The van der Waals surface area contributed by atoms with E-state index in [1.807, 2.05) is 13.0 Å². The van der Waals surface area contributed by atoms with E-state index in [4.69, 9.17) is 4.74 Å². The van der Waals surface area contributed by atoms with Crippen LogP contribution in [0, 0.1) is 18.8 Å². The maximum absolute atomic E-state index is 12.1. The van der Waals surface area contributed by atoms with Gasteiger partial charge in [-0.15, -0.1) is 0 Å². The molecule has 1 heterocycles. The molecule has 174 valence electrons. The number of benzene rings is 2. The Balaban J connectivity index is 1.99. The number of aliphatic hydroxyl groups excluding tert-OH is 3. The van der Waals surface area contributed by atoms with Crippen LogP contribution in [0.25, 0.3) is 0 Å². The lowest BCUT2D eigenvalue weighted by Crippen LogP contribution is -2.44. The maximum Gasteiger partial charge on any atom is 0.251 e. The molecule has 5 N–H and O–H groups in total. The van der Waals surface area contributed by atoms with E-state index < -0.39 is 24.4 Å². The SMILES string of the molecule is CNC(=O)c1cc(C#Cc2cccc([C@H]3O[C@H](CO)C[C@H](O)[C@@H]3O)c2C)cc(C(=O)NC)c1. The van der Waals surface area contributed by atoms with Crippen molar-refractivity contribution in [3.8, 4) is 11.8 Å². The van der Waals surface area contributed by atoms with Crippen molar-refractivity contribution in [2.45, 2.75) is 37.8 Å². The van der Waals surface area contributed by atoms with Gasteiger partial charge >= 0.3 is 0 Å². The number of amides is 2. The van der Waals surface area contributed by atoms with Gasteiger partial charge in [0.25, 0.3) is 11.8 Å². The van der Waals surface area contributed by atoms with E-state index in [0.717, 1.165) is 5.56 Å². The number of aliphatic hydroxyl groups is 3. The molecule has 1 aliphatic heterocycles. The van der Waals surface area contributed by atoms with Crippen molar-refractivity contribution in [3.05, 3.63) is 69.8 Å². The summed E-state index contributed by atoms with van der Waals surface area (Å²) in [7, 11) is 3.02. The van der Waals surface area contributed by atoms with E-state index in [2.05, 4.69) is 22.5 Å². The summed E-state index contributed by atoms with van der Waals surface area (Å²) in [6.45, 7) is 1.58. The summed E-state index contributed by atoms with van der Waals surface area (Å²) in [5.74, 6) is 5.41. The molecular formula is C25H28N2O6. The molecule has 1 saturated heterocycles. The molecule has 3 rings (SSSR count). The highest BCUT2D eigenvalue weighted by molar-refractivity contribution is 6.00. The number of carbonyl (C=O) groups is 2.